The lowest BCUT2D eigenvalue weighted by molar-refractivity contribution is 0.0519. The van der Waals surface area contributed by atoms with Crippen LogP contribution < -0.4 is 5.73 Å². The van der Waals surface area contributed by atoms with E-state index in [1.165, 1.54) is 6.33 Å². The molecule has 1 heterocycles. The number of rotatable bonds is 4. The molecule has 5 nitrogen and oxygen atoms in total. The Morgan fingerprint density at radius 2 is 2.54 bits per heavy atom. The molecule has 1 aromatic heterocycles. The summed E-state index contributed by atoms with van der Waals surface area (Å²) in [6.45, 7) is 2.59. The Bertz CT molecular complexity index is 283. The van der Waals surface area contributed by atoms with Crippen LogP contribution in [0.5, 0.6) is 0 Å². The number of hydrogen-bond acceptors (Lipinski definition) is 4. The van der Waals surface area contributed by atoms with Gasteiger partial charge in [-0.15, -0.1) is 0 Å². The molecule has 0 aromatic carbocycles. The van der Waals surface area contributed by atoms with Crippen molar-refractivity contribution in [1.82, 2.24) is 9.97 Å². The Morgan fingerprint density at radius 3 is 3.15 bits per heavy atom. The van der Waals surface area contributed by atoms with E-state index >= 15 is 0 Å². The Morgan fingerprint density at radius 1 is 1.77 bits per heavy atom. The zero-order chi connectivity index (χ0) is 9.68. The summed E-state index contributed by atoms with van der Waals surface area (Å²) in [5.74, 6) is -0.396. The summed E-state index contributed by atoms with van der Waals surface area (Å²) in [4.78, 5) is 18.0. The number of imidazole rings is 1. The fourth-order valence-electron chi connectivity index (χ4n) is 1.03. The summed E-state index contributed by atoms with van der Waals surface area (Å²) in [7, 11) is 0. The number of carbonyl (C=O) groups is 1. The molecule has 0 fully saturated rings. The Balaban J connectivity index is 2.74. The van der Waals surface area contributed by atoms with Gasteiger partial charge < -0.3 is 15.5 Å². The summed E-state index contributed by atoms with van der Waals surface area (Å²) in [6, 6.07) is 0. The third-order valence-corrected chi connectivity index (χ3v) is 1.58. The fraction of sp³-hybridized carbons (Fsp3) is 0.500. The largest absolute Gasteiger partial charge is 0.461 e. The van der Waals surface area contributed by atoms with E-state index in [9.17, 15) is 4.79 Å². The molecule has 0 aliphatic rings. The second kappa shape index (κ2) is 4.61. The van der Waals surface area contributed by atoms with Crippen LogP contribution in [0.4, 0.5) is 0 Å². The normalized spacial score (nSPS) is 10.0. The number of nitrogens with zero attached hydrogens (tertiary/aromatic N) is 1. The second-order valence-electron chi connectivity index (χ2n) is 2.49. The molecule has 0 atom stereocenters. The van der Waals surface area contributed by atoms with Crippen molar-refractivity contribution < 1.29 is 9.53 Å². The van der Waals surface area contributed by atoms with Gasteiger partial charge >= 0.3 is 5.97 Å². The maximum absolute atomic E-state index is 11.3. The van der Waals surface area contributed by atoms with Crippen molar-refractivity contribution in [3.8, 4) is 0 Å². The first-order valence-electron chi connectivity index (χ1n) is 4.19. The highest BCUT2D eigenvalue weighted by atomic mass is 16.5. The van der Waals surface area contributed by atoms with Gasteiger partial charge in [0.05, 0.1) is 18.6 Å². The molecule has 3 N–H and O–H groups in total. The molecule has 72 valence electrons. The number of H-pyrrole nitrogens is 1. The smallest absolute Gasteiger partial charge is 0.358 e. The third-order valence-electron chi connectivity index (χ3n) is 1.58. The van der Waals surface area contributed by atoms with E-state index in [0.29, 0.717) is 25.3 Å². The predicted molar refractivity (Wildman–Crippen MR) is 47.3 cm³/mol. The highest BCUT2D eigenvalue weighted by molar-refractivity contribution is 5.88. The molecule has 13 heavy (non-hydrogen) atoms. The molecular weight excluding hydrogens is 170 g/mol. The lowest BCUT2D eigenvalue weighted by Gasteiger charge is -2.00. The van der Waals surface area contributed by atoms with Crippen molar-refractivity contribution in [3.05, 3.63) is 17.7 Å². The molecule has 0 radical (unpaired) electrons. The second-order valence-corrected chi connectivity index (χ2v) is 2.49. The van der Waals surface area contributed by atoms with Crippen LogP contribution in [0, 0.1) is 0 Å². The van der Waals surface area contributed by atoms with Crippen LogP contribution in [0.25, 0.3) is 0 Å². The first-order valence-corrected chi connectivity index (χ1v) is 4.19. The van der Waals surface area contributed by atoms with Crippen LogP contribution in [0.2, 0.25) is 0 Å². The minimum atomic E-state index is -0.396. The molecule has 0 spiro atoms. The van der Waals surface area contributed by atoms with E-state index in [4.69, 9.17) is 10.5 Å². The van der Waals surface area contributed by atoms with Crippen LogP contribution in [0.3, 0.4) is 0 Å². The molecule has 0 saturated carbocycles. The van der Waals surface area contributed by atoms with Crippen molar-refractivity contribution in [2.24, 2.45) is 5.73 Å². The molecule has 5 heteroatoms. The van der Waals surface area contributed by atoms with E-state index < -0.39 is 5.97 Å². The van der Waals surface area contributed by atoms with Crippen molar-refractivity contribution in [2.45, 2.75) is 13.3 Å². The zero-order valence-electron chi connectivity index (χ0n) is 7.54. The van der Waals surface area contributed by atoms with Crippen molar-refractivity contribution in [2.75, 3.05) is 13.2 Å². The fourth-order valence-corrected chi connectivity index (χ4v) is 1.03. The van der Waals surface area contributed by atoms with E-state index in [0.717, 1.165) is 5.69 Å². The molecule has 0 saturated heterocycles. The molecule has 0 bridgehead atoms. The summed E-state index contributed by atoms with van der Waals surface area (Å²) >= 11 is 0. The van der Waals surface area contributed by atoms with E-state index in [1.54, 1.807) is 6.92 Å². The molecule has 0 aliphatic carbocycles. The molecule has 1 aromatic rings. The SMILES string of the molecule is CCOC(=O)c1nc[nH]c1CCN. The Hall–Kier alpha value is -1.36. The highest BCUT2D eigenvalue weighted by Crippen LogP contribution is 2.04. The van der Waals surface area contributed by atoms with Gasteiger partial charge in [0.1, 0.15) is 0 Å². The number of hydrogen-bond donors (Lipinski definition) is 2. The van der Waals surface area contributed by atoms with Gasteiger partial charge in [-0.25, -0.2) is 9.78 Å². The summed E-state index contributed by atoms with van der Waals surface area (Å²) < 4.78 is 4.81. The molecule has 0 unspecified atom stereocenters. The maximum Gasteiger partial charge on any atom is 0.358 e. The quantitative estimate of drug-likeness (QED) is 0.648. The van der Waals surface area contributed by atoms with E-state index in [2.05, 4.69) is 9.97 Å². The molecule has 0 aliphatic heterocycles. The lowest BCUT2D eigenvalue weighted by atomic mass is 10.2. The van der Waals surface area contributed by atoms with Gasteiger partial charge in [-0.3, -0.25) is 0 Å². The number of nitrogens with one attached hydrogen (secondary N) is 1. The van der Waals surface area contributed by atoms with Crippen molar-refractivity contribution in [3.63, 3.8) is 0 Å². The summed E-state index contributed by atoms with van der Waals surface area (Å²) in [5, 5.41) is 0. The molecule has 1 rings (SSSR count). The average Bonchev–Trinajstić information content (AvgIpc) is 2.54. The summed E-state index contributed by atoms with van der Waals surface area (Å²) in [6.07, 6.45) is 2.07. The number of ether oxygens (including phenoxy) is 1. The number of aromatic amines is 1. The number of esters is 1. The zero-order valence-corrected chi connectivity index (χ0v) is 7.54. The van der Waals surface area contributed by atoms with Gasteiger partial charge in [0.15, 0.2) is 5.69 Å². The predicted octanol–water partition coefficient (Wildman–Crippen LogP) is 0.0876. The van der Waals surface area contributed by atoms with Crippen LogP contribution in [-0.4, -0.2) is 29.1 Å². The topological polar surface area (TPSA) is 81.0 Å². The van der Waals surface area contributed by atoms with E-state index in [1.807, 2.05) is 0 Å². The third kappa shape index (κ3) is 2.29. The maximum atomic E-state index is 11.3. The number of nitrogens with two attached hydrogens (primary N) is 1. The van der Waals surface area contributed by atoms with Crippen molar-refractivity contribution in [1.29, 1.82) is 0 Å². The number of aromatic nitrogens is 2. The van der Waals surface area contributed by atoms with Gasteiger partial charge in [-0.2, -0.15) is 0 Å². The van der Waals surface area contributed by atoms with Crippen molar-refractivity contribution >= 4 is 5.97 Å². The monoisotopic (exact) mass is 183 g/mol. The summed E-state index contributed by atoms with van der Waals surface area (Å²) in [5.41, 5.74) is 6.44. The first kappa shape index (κ1) is 9.73. The van der Waals surface area contributed by atoms with Gasteiger partial charge in [-0.1, -0.05) is 0 Å². The first-order chi connectivity index (χ1) is 6.29. The van der Waals surface area contributed by atoms with Gasteiger partial charge in [0, 0.05) is 6.42 Å². The van der Waals surface area contributed by atoms with Gasteiger partial charge in [0.2, 0.25) is 0 Å². The Kier molecular flexibility index (Phi) is 3.45. The molecular formula is C8H13N3O2. The Labute approximate surface area is 76.3 Å². The van der Waals surface area contributed by atoms with Crippen LogP contribution in [0.15, 0.2) is 6.33 Å². The molecule has 0 amide bonds. The van der Waals surface area contributed by atoms with Crippen LogP contribution in [-0.2, 0) is 11.2 Å². The number of carbonyl (C=O) groups excluding carboxylic acids is 1. The standard InChI is InChI=1S/C8H13N3O2/c1-2-13-8(12)7-6(3-4-9)10-5-11-7/h5H,2-4,9H2,1H3,(H,10,11). The van der Waals surface area contributed by atoms with Gasteiger partial charge in [-0.05, 0) is 13.5 Å². The van der Waals surface area contributed by atoms with E-state index in [-0.39, 0.29) is 0 Å². The van der Waals surface area contributed by atoms with Crippen LogP contribution >= 0.6 is 0 Å². The minimum Gasteiger partial charge on any atom is -0.461 e. The minimum absolute atomic E-state index is 0.340. The lowest BCUT2D eigenvalue weighted by Crippen LogP contribution is -2.11. The highest BCUT2D eigenvalue weighted by Gasteiger charge is 2.14. The van der Waals surface area contributed by atoms with Gasteiger partial charge in [0.25, 0.3) is 0 Å². The average molecular weight is 183 g/mol. The van der Waals surface area contributed by atoms with Crippen LogP contribution in [0.1, 0.15) is 23.1 Å².